The van der Waals surface area contributed by atoms with Gasteiger partial charge in [0.2, 0.25) is 5.43 Å². The number of carbonyl (C=O) groups is 3. The number of Topliss-reactive ketones (excluding diaryl/α,β-unsaturated/α-hetero) is 1. The third kappa shape index (κ3) is 4.98. The molecule has 2 fully saturated rings. The molecule has 6 rings (SSSR count). The Labute approximate surface area is 249 Å². The summed E-state index contributed by atoms with van der Waals surface area (Å²) in [5, 5.41) is 9.43. The first-order valence-corrected chi connectivity index (χ1v) is 14.1. The molecular formula is C30H30F2N4O8. The van der Waals surface area contributed by atoms with Gasteiger partial charge < -0.3 is 34.5 Å². The molecule has 0 bridgehead atoms. The quantitative estimate of drug-likeness (QED) is 0.388. The van der Waals surface area contributed by atoms with Crippen molar-refractivity contribution in [2.24, 2.45) is 11.7 Å². The van der Waals surface area contributed by atoms with Gasteiger partial charge in [0.1, 0.15) is 35.8 Å². The van der Waals surface area contributed by atoms with Crippen LogP contribution in [0, 0.1) is 17.6 Å². The van der Waals surface area contributed by atoms with Crippen LogP contribution < -0.4 is 30.4 Å². The smallest absolute Gasteiger partial charge is 0.414 e. The molecule has 4 heterocycles. The number of hydrogen-bond acceptors (Lipinski definition) is 9. The van der Waals surface area contributed by atoms with E-state index in [2.05, 4.69) is 0 Å². The second kappa shape index (κ2) is 11.1. The molecule has 232 valence electrons. The normalized spacial score (nSPS) is 21.8. The van der Waals surface area contributed by atoms with Crippen molar-refractivity contribution in [2.75, 3.05) is 42.6 Å². The van der Waals surface area contributed by atoms with Crippen molar-refractivity contribution >= 4 is 40.1 Å². The minimum atomic E-state index is -1.39. The summed E-state index contributed by atoms with van der Waals surface area (Å²) in [4.78, 5) is 51.4. The van der Waals surface area contributed by atoms with Crippen molar-refractivity contribution in [1.82, 2.24) is 4.57 Å². The van der Waals surface area contributed by atoms with Gasteiger partial charge in [0.25, 0.3) is 0 Å². The summed E-state index contributed by atoms with van der Waals surface area (Å²) >= 11 is 0. The number of aromatic nitrogens is 1. The SMILES string of the molecule is CC(=O)C(N)C1CN(c2ccc(OCC3CCN(c4c(F)cc5c(=O)c(C(=O)O)cn6c5c4OCC6C)C3)c(F)c2)C(=O)O1. The Kier molecular flexibility index (Phi) is 7.40. The molecule has 3 aliphatic heterocycles. The van der Waals surface area contributed by atoms with Crippen molar-refractivity contribution in [3.05, 3.63) is 57.9 Å². The zero-order valence-corrected chi connectivity index (χ0v) is 23.9. The molecule has 3 N–H and O–H groups in total. The molecular weight excluding hydrogens is 582 g/mol. The number of cyclic esters (lactones) is 1. The number of amides is 1. The first kappa shape index (κ1) is 29.4. The Morgan fingerprint density at radius 1 is 1.18 bits per heavy atom. The molecule has 4 atom stereocenters. The fraction of sp³-hybridized carbons (Fsp3) is 0.400. The molecule has 3 aromatic rings. The van der Waals surface area contributed by atoms with Crippen LogP contribution in [0.1, 0.15) is 36.7 Å². The third-order valence-electron chi connectivity index (χ3n) is 8.38. The first-order valence-electron chi connectivity index (χ1n) is 14.1. The fourth-order valence-corrected chi connectivity index (χ4v) is 5.96. The first-order chi connectivity index (χ1) is 20.9. The van der Waals surface area contributed by atoms with E-state index in [1.165, 1.54) is 30.2 Å². The van der Waals surface area contributed by atoms with Gasteiger partial charge in [-0.3, -0.25) is 14.5 Å². The summed E-state index contributed by atoms with van der Waals surface area (Å²) in [6, 6.07) is 3.85. The van der Waals surface area contributed by atoms with Crippen molar-refractivity contribution in [1.29, 1.82) is 0 Å². The highest BCUT2D eigenvalue weighted by Crippen LogP contribution is 2.43. The molecule has 0 radical (unpaired) electrons. The third-order valence-corrected chi connectivity index (χ3v) is 8.38. The highest BCUT2D eigenvalue weighted by atomic mass is 19.1. The molecule has 0 spiro atoms. The zero-order chi connectivity index (χ0) is 31.4. The number of carbonyl (C=O) groups excluding carboxylic acids is 2. The second-order valence-electron chi connectivity index (χ2n) is 11.4. The van der Waals surface area contributed by atoms with Gasteiger partial charge >= 0.3 is 12.1 Å². The number of anilines is 2. The molecule has 44 heavy (non-hydrogen) atoms. The molecule has 1 amide bonds. The van der Waals surface area contributed by atoms with Gasteiger partial charge in [-0.25, -0.2) is 18.4 Å². The predicted octanol–water partition coefficient (Wildman–Crippen LogP) is 3.08. The van der Waals surface area contributed by atoms with E-state index < -0.39 is 46.8 Å². The molecule has 0 aliphatic carbocycles. The monoisotopic (exact) mass is 612 g/mol. The number of nitrogens with zero attached hydrogens (tertiary/aromatic N) is 3. The number of rotatable bonds is 8. The van der Waals surface area contributed by atoms with E-state index in [4.69, 9.17) is 19.9 Å². The Hall–Kier alpha value is -4.72. The lowest BCUT2D eigenvalue weighted by Gasteiger charge is -2.31. The number of aromatic carboxylic acids is 1. The minimum Gasteiger partial charge on any atom is -0.490 e. The van der Waals surface area contributed by atoms with Gasteiger partial charge in [0.05, 0.1) is 35.8 Å². The van der Waals surface area contributed by atoms with E-state index in [0.717, 1.165) is 12.1 Å². The van der Waals surface area contributed by atoms with Gasteiger partial charge in [-0.05, 0) is 38.5 Å². The van der Waals surface area contributed by atoms with Crippen molar-refractivity contribution < 1.29 is 42.5 Å². The fourth-order valence-electron chi connectivity index (χ4n) is 5.96. The van der Waals surface area contributed by atoms with Crippen LogP contribution in [0.15, 0.2) is 35.3 Å². The highest BCUT2D eigenvalue weighted by molar-refractivity contribution is 5.97. The van der Waals surface area contributed by atoms with Gasteiger partial charge in [0.15, 0.2) is 23.1 Å². The van der Waals surface area contributed by atoms with Gasteiger partial charge in [-0.1, -0.05) is 0 Å². The van der Waals surface area contributed by atoms with Crippen molar-refractivity contribution in [3.8, 4) is 11.5 Å². The van der Waals surface area contributed by atoms with E-state index in [0.29, 0.717) is 25.0 Å². The topological polar surface area (TPSA) is 154 Å². The predicted molar refractivity (Wildman–Crippen MR) is 154 cm³/mol. The Balaban J connectivity index is 1.17. The molecule has 0 saturated carbocycles. The van der Waals surface area contributed by atoms with Crippen LogP contribution >= 0.6 is 0 Å². The summed E-state index contributed by atoms with van der Waals surface area (Å²) in [5.74, 6) is -3.07. The average molecular weight is 613 g/mol. The number of pyridine rings is 1. The molecule has 14 heteroatoms. The Morgan fingerprint density at radius 2 is 1.95 bits per heavy atom. The number of ketones is 1. The van der Waals surface area contributed by atoms with E-state index in [-0.39, 0.29) is 65.8 Å². The summed E-state index contributed by atoms with van der Waals surface area (Å²) in [7, 11) is 0. The second-order valence-corrected chi connectivity index (χ2v) is 11.4. The maximum absolute atomic E-state index is 15.6. The molecule has 12 nitrogen and oxygen atoms in total. The van der Waals surface area contributed by atoms with Crippen LogP contribution in [0.5, 0.6) is 11.5 Å². The number of hydrogen-bond donors (Lipinski definition) is 2. The van der Waals surface area contributed by atoms with Crippen LogP contribution in [-0.4, -0.2) is 72.5 Å². The lowest BCUT2D eigenvalue weighted by molar-refractivity contribution is -0.120. The number of nitrogens with two attached hydrogens (primary N) is 1. The molecule has 1 aromatic heterocycles. The van der Waals surface area contributed by atoms with Crippen molar-refractivity contribution in [2.45, 2.75) is 38.5 Å². The number of ether oxygens (including phenoxy) is 3. The van der Waals surface area contributed by atoms with E-state index in [1.807, 2.05) is 6.92 Å². The Morgan fingerprint density at radius 3 is 2.66 bits per heavy atom. The van der Waals surface area contributed by atoms with Gasteiger partial charge in [-0.15, -0.1) is 0 Å². The van der Waals surface area contributed by atoms with Crippen LogP contribution in [-0.2, 0) is 9.53 Å². The lowest BCUT2D eigenvalue weighted by atomic mass is 10.1. The largest absolute Gasteiger partial charge is 0.490 e. The van der Waals surface area contributed by atoms with Crippen LogP contribution in [0.4, 0.5) is 25.0 Å². The standard InChI is InChI=1S/C30H30F2N4O8/c1-14-12-43-28-25-18(27(38)19(29(39)40)10-35(14)25)8-21(32)26(28)34-6-5-16(9-34)13-42-22-4-3-17(7-20(22)31)36-11-23(44-30(36)41)24(33)15(2)37/h3-4,7-8,10,14,16,23-24H,5-6,9,11-13,33H2,1-2H3,(H,39,40). The maximum Gasteiger partial charge on any atom is 0.414 e. The zero-order valence-electron chi connectivity index (χ0n) is 23.9. The Bertz CT molecular complexity index is 1760. The average Bonchev–Trinajstić information content (AvgIpc) is 3.61. The van der Waals surface area contributed by atoms with Crippen LogP contribution in [0.25, 0.3) is 10.9 Å². The highest BCUT2D eigenvalue weighted by Gasteiger charge is 2.38. The maximum atomic E-state index is 15.6. The molecule has 2 aromatic carbocycles. The van der Waals surface area contributed by atoms with Gasteiger partial charge in [0, 0.05) is 31.3 Å². The number of carboxylic acids is 1. The van der Waals surface area contributed by atoms with Gasteiger partial charge in [-0.2, -0.15) is 0 Å². The van der Waals surface area contributed by atoms with Crippen LogP contribution in [0.3, 0.4) is 0 Å². The van der Waals surface area contributed by atoms with E-state index in [9.17, 15) is 28.7 Å². The van der Waals surface area contributed by atoms with E-state index >= 15 is 4.39 Å². The van der Waals surface area contributed by atoms with Crippen LogP contribution in [0.2, 0.25) is 0 Å². The minimum absolute atomic E-state index is 0.00390. The summed E-state index contributed by atoms with van der Waals surface area (Å²) in [6.07, 6.45) is 0.311. The lowest BCUT2D eigenvalue weighted by Crippen LogP contribution is -2.43. The molecule has 4 unspecified atom stereocenters. The number of carboxylic acid groups (broad SMARTS) is 1. The molecule has 2 saturated heterocycles. The number of halogens is 2. The summed E-state index contributed by atoms with van der Waals surface area (Å²) in [5.41, 5.74) is 5.33. The summed E-state index contributed by atoms with van der Waals surface area (Å²) < 4.78 is 49.1. The van der Waals surface area contributed by atoms with E-state index in [1.54, 1.807) is 9.47 Å². The molecule has 3 aliphatic rings. The van der Waals surface area contributed by atoms with Crippen molar-refractivity contribution in [3.63, 3.8) is 0 Å². The summed E-state index contributed by atoms with van der Waals surface area (Å²) in [6.45, 7) is 4.22. The number of benzene rings is 2.